The topological polar surface area (TPSA) is 66.0 Å². The molecule has 1 unspecified atom stereocenters. The third-order valence-electron chi connectivity index (χ3n) is 3.77. The van der Waals surface area contributed by atoms with Crippen LogP contribution < -0.4 is 10.5 Å². The average molecular weight is 272 g/mol. The third kappa shape index (κ3) is 2.29. The van der Waals surface area contributed by atoms with Crippen LogP contribution in [-0.2, 0) is 13.0 Å². The van der Waals surface area contributed by atoms with Gasteiger partial charge in [0.15, 0.2) is 5.82 Å². The highest BCUT2D eigenvalue weighted by Gasteiger charge is 2.22. The minimum atomic E-state index is 0.146. The number of ether oxygens (including phenoxy) is 1. The van der Waals surface area contributed by atoms with E-state index in [9.17, 15) is 0 Å². The molecule has 1 heterocycles. The Balaban J connectivity index is 1.78. The first kappa shape index (κ1) is 13.1. The van der Waals surface area contributed by atoms with E-state index in [2.05, 4.69) is 30.0 Å². The third-order valence-corrected chi connectivity index (χ3v) is 3.77. The molecule has 1 aliphatic carbocycles. The molecule has 1 atom stereocenters. The first-order chi connectivity index (χ1) is 9.66. The Bertz CT molecular complexity index is 606. The summed E-state index contributed by atoms with van der Waals surface area (Å²) in [5.41, 5.74) is 8.55. The second kappa shape index (κ2) is 5.25. The molecule has 0 saturated carbocycles. The molecule has 1 aromatic heterocycles. The van der Waals surface area contributed by atoms with Crippen molar-refractivity contribution in [3.8, 4) is 5.75 Å². The fraction of sp³-hybridized carbons (Fsp3) is 0.467. The van der Waals surface area contributed by atoms with E-state index < -0.39 is 0 Å². The normalized spacial score (nSPS) is 17.5. The lowest BCUT2D eigenvalue weighted by atomic mass is 10.1. The summed E-state index contributed by atoms with van der Waals surface area (Å²) in [4.78, 5) is 4.26. The molecule has 106 valence electrons. The lowest BCUT2D eigenvalue weighted by molar-refractivity contribution is 0.280. The molecule has 0 aliphatic heterocycles. The number of aromatic nitrogens is 3. The van der Waals surface area contributed by atoms with Gasteiger partial charge in [-0.15, -0.1) is 0 Å². The molecule has 5 nitrogen and oxygen atoms in total. The summed E-state index contributed by atoms with van der Waals surface area (Å²) in [6.45, 7) is 4.60. The highest BCUT2D eigenvalue weighted by atomic mass is 16.5. The van der Waals surface area contributed by atoms with Crippen LogP contribution in [0.15, 0.2) is 24.5 Å². The molecule has 0 fully saturated rings. The Morgan fingerprint density at radius 2 is 2.30 bits per heavy atom. The van der Waals surface area contributed by atoms with Crippen LogP contribution >= 0.6 is 0 Å². The minimum Gasteiger partial charge on any atom is -0.485 e. The summed E-state index contributed by atoms with van der Waals surface area (Å²) in [7, 11) is 0. The van der Waals surface area contributed by atoms with Gasteiger partial charge in [-0.3, -0.25) is 0 Å². The smallest absolute Gasteiger partial charge is 0.165 e. The average Bonchev–Trinajstić information content (AvgIpc) is 3.04. The van der Waals surface area contributed by atoms with Crippen molar-refractivity contribution in [2.75, 3.05) is 0 Å². The van der Waals surface area contributed by atoms with Crippen LogP contribution in [-0.4, -0.2) is 14.8 Å². The largest absolute Gasteiger partial charge is 0.485 e. The predicted octanol–water partition coefficient (Wildman–Crippen LogP) is 2.38. The van der Waals surface area contributed by atoms with Crippen LogP contribution in [0.25, 0.3) is 0 Å². The Labute approximate surface area is 118 Å². The molecule has 0 radical (unpaired) electrons. The Morgan fingerprint density at radius 3 is 3.10 bits per heavy atom. The molecule has 1 aliphatic rings. The van der Waals surface area contributed by atoms with Crippen molar-refractivity contribution in [3.05, 3.63) is 41.5 Å². The quantitative estimate of drug-likeness (QED) is 0.928. The van der Waals surface area contributed by atoms with Crippen LogP contribution in [0.2, 0.25) is 0 Å². The van der Waals surface area contributed by atoms with Gasteiger partial charge in [0.05, 0.1) is 0 Å². The standard InChI is InChI=1S/C15H20N4O/c1-10(2)19-15(17-9-18-19)8-20-14-5-3-4-11-12(14)6-7-13(11)16/h3-5,9-10,13H,6-8,16H2,1-2H3. The zero-order chi connectivity index (χ0) is 14.1. The van der Waals surface area contributed by atoms with E-state index in [1.165, 1.54) is 11.1 Å². The van der Waals surface area contributed by atoms with Crippen LogP contribution in [0.4, 0.5) is 0 Å². The van der Waals surface area contributed by atoms with Gasteiger partial charge in [0.25, 0.3) is 0 Å². The molecule has 0 bridgehead atoms. The molecule has 0 saturated heterocycles. The summed E-state index contributed by atoms with van der Waals surface area (Å²) in [6.07, 6.45) is 3.56. The number of hydrogen-bond acceptors (Lipinski definition) is 4. The molecule has 1 aromatic carbocycles. The fourth-order valence-electron chi connectivity index (χ4n) is 2.74. The van der Waals surface area contributed by atoms with Crippen molar-refractivity contribution in [1.29, 1.82) is 0 Å². The van der Waals surface area contributed by atoms with Gasteiger partial charge < -0.3 is 10.5 Å². The number of hydrogen-bond donors (Lipinski definition) is 1. The monoisotopic (exact) mass is 272 g/mol. The number of benzene rings is 1. The maximum absolute atomic E-state index is 6.09. The molecule has 2 aromatic rings. The SMILES string of the molecule is CC(C)n1ncnc1COc1cccc2c1CCC2N. The first-order valence-electron chi connectivity index (χ1n) is 7.05. The molecular weight excluding hydrogens is 252 g/mol. The Morgan fingerprint density at radius 1 is 1.45 bits per heavy atom. The molecule has 2 N–H and O–H groups in total. The number of nitrogens with zero attached hydrogens (tertiary/aromatic N) is 3. The fourth-order valence-corrected chi connectivity index (χ4v) is 2.74. The van der Waals surface area contributed by atoms with E-state index in [1.807, 2.05) is 16.8 Å². The van der Waals surface area contributed by atoms with Gasteiger partial charge in [0.2, 0.25) is 0 Å². The molecule has 3 rings (SSSR count). The van der Waals surface area contributed by atoms with Gasteiger partial charge >= 0.3 is 0 Å². The Kier molecular flexibility index (Phi) is 3.44. The maximum Gasteiger partial charge on any atom is 0.165 e. The Hall–Kier alpha value is -1.88. The zero-order valence-corrected chi connectivity index (χ0v) is 11.9. The first-order valence-corrected chi connectivity index (χ1v) is 7.05. The molecule has 0 amide bonds. The van der Waals surface area contributed by atoms with Gasteiger partial charge in [-0.25, -0.2) is 9.67 Å². The summed E-state index contributed by atoms with van der Waals surface area (Å²) >= 11 is 0. The van der Waals surface area contributed by atoms with Gasteiger partial charge in [-0.2, -0.15) is 5.10 Å². The van der Waals surface area contributed by atoms with E-state index in [4.69, 9.17) is 10.5 Å². The van der Waals surface area contributed by atoms with Crippen molar-refractivity contribution in [1.82, 2.24) is 14.8 Å². The van der Waals surface area contributed by atoms with Crippen molar-refractivity contribution < 1.29 is 4.74 Å². The van der Waals surface area contributed by atoms with Crippen LogP contribution in [0.5, 0.6) is 5.75 Å². The van der Waals surface area contributed by atoms with Crippen molar-refractivity contribution in [3.63, 3.8) is 0 Å². The van der Waals surface area contributed by atoms with Gasteiger partial charge in [-0.05, 0) is 43.9 Å². The molecule has 5 heteroatoms. The van der Waals surface area contributed by atoms with Gasteiger partial charge in [0.1, 0.15) is 18.7 Å². The number of nitrogens with two attached hydrogens (primary N) is 1. The lowest BCUT2D eigenvalue weighted by Crippen LogP contribution is -2.11. The van der Waals surface area contributed by atoms with Crippen LogP contribution in [0, 0.1) is 0 Å². The zero-order valence-electron chi connectivity index (χ0n) is 11.9. The minimum absolute atomic E-state index is 0.146. The van der Waals surface area contributed by atoms with E-state index >= 15 is 0 Å². The van der Waals surface area contributed by atoms with Gasteiger partial charge in [-0.1, -0.05) is 12.1 Å². The van der Waals surface area contributed by atoms with Crippen LogP contribution in [0.1, 0.15) is 49.3 Å². The second-order valence-electron chi connectivity index (χ2n) is 5.47. The second-order valence-corrected chi connectivity index (χ2v) is 5.47. The summed E-state index contributed by atoms with van der Waals surface area (Å²) in [5, 5.41) is 4.22. The summed E-state index contributed by atoms with van der Waals surface area (Å²) in [5.74, 6) is 1.77. The van der Waals surface area contributed by atoms with E-state index in [1.54, 1.807) is 6.33 Å². The summed E-state index contributed by atoms with van der Waals surface area (Å²) in [6, 6.07) is 6.54. The maximum atomic E-state index is 6.09. The summed E-state index contributed by atoms with van der Waals surface area (Å²) < 4.78 is 7.84. The molecular formula is C15H20N4O. The van der Waals surface area contributed by atoms with Crippen molar-refractivity contribution in [2.45, 2.75) is 45.4 Å². The van der Waals surface area contributed by atoms with Crippen molar-refractivity contribution in [2.24, 2.45) is 5.73 Å². The molecule has 20 heavy (non-hydrogen) atoms. The van der Waals surface area contributed by atoms with E-state index in [-0.39, 0.29) is 12.1 Å². The predicted molar refractivity (Wildman–Crippen MR) is 76.4 cm³/mol. The van der Waals surface area contributed by atoms with Crippen LogP contribution in [0.3, 0.4) is 0 Å². The molecule has 0 spiro atoms. The highest BCUT2D eigenvalue weighted by molar-refractivity contribution is 5.44. The highest BCUT2D eigenvalue weighted by Crippen LogP contribution is 2.35. The van der Waals surface area contributed by atoms with E-state index in [0.717, 1.165) is 24.4 Å². The lowest BCUT2D eigenvalue weighted by Gasteiger charge is -2.13. The van der Waals surface area contributed by atoms with Crippen molar-refractivity contribution >= 4 is 0 Å². The van der Waals surface area contributed by atoms with E-state index in [0.29, 0.717) is 6.61 Å². The van der Waals surface area contributed by atoms with Gasteiger partial charge in [0, 0.05) is 12.1 Å². The number of rotatable bonds is 4. The number of fused-ring (bicyclic) bond motifs is 1.